The number of nitrogens with zero attached hydrogens (tertiary/aromatic N) is 3. The first-order valence-corrected chi connectivity index (χ1v) is 12.6. The van der Waals surface area contributed by atoms with E-state index >= 15 is 0 Å². The van der Waals surface area contributed by atoms with Gasteiger partial charge in [0.15, 0.2) is 9.84 Å². The molecule has 0 fully saturated rings. The van der Waals surface area contributed by atoms with Crippen molar-refractivity contribution in [3.05, 3.63) is 84.2 Å². The Kier molecular flexibility index (Phi) is 8.53. The maximum absolute atomic E-state index is 13.6. The van der Waals surface area contributed by atoms with Crippen LogP contribution in [-0.2, 0) is 25.9 Å². The molecule has 0 radical (unpaired) electrons. The van der Waals surface area contributed by atoms with Gasteiger partial charge in [-0.1, -0.05) is 29.4 Å². The van der Waals surface area contributed by atoms with Crippen molar-refractivity contribution in [2.45, 2.75) is 36.6 Å². The van der Waals surface area contributed by atoms with Gasteiger partial charge in [0.2, 0.25) is 0 Å². The van der Waals surface area contributed by atoms with Gasteiger partial charge in [0, 0.05) is 30.6 Å². The Morgan fingerprint density at radius 2 is 1.85 bits per heavy atom. The van der Waals surface area contributed by atoms with Gasteiger partial charge in [-0.2, -0.15) is 0 Å². The van der Waals surface area contributed by atoms with E-state index in [4.69, 9.17) is 9.94 Å². The first-order valence-electron chi connectivity index (χ1n) is 10.7. The highest BCUT2D eigenvalue weighted by atomic mass is 32.2. The number of carboxylic acids is 1. The zero-order chi connectivity index (χ0) is 24.6. The van der Waals surface area contributed by atoms with Gasteiger partial charge in [-0.15, -0.1) is 0 Å². The number of aliphatic carboxylic acids is 1. The van der Waals surface area contributed by atoms with E-state index in [0.717, 1.165) is 11.8 Å². The highest BCUT2D eigenvalue weighted by Gasteiger charge is 2.22. The molecule has 0 aliphatic heterocycles. The van der Waals surface area contributed by atoms with Gasteiger partial charge in [-0.05, 0) is 49.1 Å². The molecule has 3 rings (SSSR count). The molecule has 0 aliphatic rings. The van der Waals surface area contributed by atoms with Crippen molar-refractivity contribution in [3.63, 3.8) is 0 Å². The summed E-state index contributed by atoms with van der Waals surface area (Å²) in [5.41, 5.74) is 2.05. The van der Waals surface area contributed by atoms with E-state index in [2.05, 4.69) is 10.1 Å². The number of benzene rings is 2. The lowest BCUT2D eigenvalue weighted by Crippen LogP contribution is -2.23. The van der Waals surface area contributed by atoms with Crippen molar-refractivity contribution >= 4 is 21.5 Å². The normalized spacial score (nSPS) is 12.9. The predicted molar refractivity (Wildman–Crippen MR) is 125 cm³/mol. The van der Waals surface area contributed by atoms with Crippen LogP contribution in [-0.4, -0.2) is 47.6 Å². The summed E-state index contributed by atoms with van der Waals surface area (Å²) in [7, 11) is -3.31. The van der Waals surface area contributed by atoms with Crippen LogP contribution in [0, 0.1) is 5.82 Å². The molecule has 1 aromatic heterocycles. The lowest BCUT2D eigenvalue weighted by atomic mass is 9.96. The molecule has 180 valence electrons. The summed E-state index contributed by atoms with van der Waals surface area (Å²) < 4.78 is 39.0. The lowest BCUT2D eigenvalue weighted by molar-refractivity contribution is -0.137. The second-order valence-electron chi connectivity index (χ2n) is 7.81. The Bertz CT molecular complexity index is 1210. The van der Waals surface area contributed by atoms with E-state index < -0.39 is 15.8 Å². The fourth-order valence-corrected chi connectivity index (χ4v) is 4.01. The Morgan fingerprint density at radius 3 is 2.44 bits per heavy atom. The number of hydrogen-bond donors (Lipinski definition) is 1. The Hall–Kier alpha value is -3.53. The number of carboxylic acid groups (broad SMARTS) is 1. The van der Waals surface area contributed by atoms with Gasteiger partial charge in [0.05, 0.1) is 17.3 Å². The minimum atomic E-state index is -3.31. The molecule has 0 amide bonds. The molecule has 8 nitrogen and oxygen atoms in total. The van der Waals surface area contributed by atoms with Gasteiger partial charge in [0.1, 0.15) is 18.1 Å². The second-order valence-corrected chi connectivity index (χ2v) is 9.83. The number of imidazole rings is 1. The summed E-state index contributed by atoms with van der Waals surface area (Å²) in [5.74, 6) is -1.24. The van der Waals surface area contributed by atoms with Crippen LogP contribution in [0.5, 0.6) is 0 Å². The van der Waals surface area contributed by atoms with E-state index in [-0.39, 0.29) is 29.8 Å². The van der Waals surface area contributed by atoms with E-state index in [9.17, 15) is 17.6 Å². The second kappa shape index (κ2) is 11.6. The largest absolute Gasteiger partial charge is 0.481 e. The number of rotatable bonds is 12. The van der Waals surface area contributed by atoms with Crippen molar-refractivity contribution in [1.29, 1.82) is 0 Å². The highest BCUT2D eigenvalue weighted by molar-refractivity contribution is 7.90. The summed E-state index contributed by atoms with van der Waals surface area (Å²) in [6.07, 6.45) is 7.70. The van der Waals surface area contributed by atoms with E-state index in [1.165, 1.54) is 12.1 Å². The Balaban J connectivity index is 1.89. The maximum Gasteiger partial charge on any atom is 0.303 e. The van der Waals surface area contributed by atoms with Crippen LogP contribution in [0.1, 0.15) is 36.4 Å². The van der Waals surface area contributed by atoms with Crippen molar-refractivity contribution in [3.8, 4) is 0 Å². The van der Waals surface area contributed by atoms with Crippen LogP contribution < -0.4 is 0 Å². The zero-order valence-electron chi connectivity index (χ0n) is 18.7. The average molecular weight is 488 g/mol. The molecule has 3 aromatic rings. The average Bonchev–Trinajstić information content (AvgIpc) is 3.32. The van der Waals surface area contributed by atoms with Gasteiger partial charge >= 0.3 is 5.97 Å². The van der Waals surface area contributed by atoms with Crippen LogP contribution >= 0.6 is 0 Å². The first-order chi connectivity index (χ1) is 16.2. The van der Waals surface area contributed by atoms with Crippen LogP contribution in [0.2, 0.25) is 0 Å². The standard InChI is InChI=1S/C24H26FN3O5S/c1-34(31,32)21-11-5-18(6-12-21)16-22(28-14-13-26-17-28)24(19-7-9-20(25)10-8-19)27-33-15-3-2-4-23(29)30/h5-14,17,22H,2-4,15-16H2,1H3,(H,29,30). The van der Waals surface area contributed by atoms with Crippen molar-refractivity contribution in [2.24, 2.45) is 5.16 Å². The number of aromatic nitrogens is 2. The minimum Gasteiger partial charge on any atom is -0.481 e. The van der Waals surface area contributed by atoms with Crippen LogP contribution in [0.3, 0.4) is 0 Å². The summed E-state index contributed by atoms with van der Waals surface area (Å²) in [5, 5.41) is 13.1. The molecule has 0 saturated heterocycles. The van der Waals surface area contributed by atoms with Crippen molar-refractivity contribution in [2.75, 3.05) is 12.9 Å². The van der Waals surface area contributed by atoms with Crippen LogP contribution in [0.4, 0.5) is 4.39 Å². The first kappa shape index (κ1) is 25.1. The van der Waals surface area contributed by atoms with Gasteiger partial charge in [-0.3, -0.25) is 4.79 Å². The molecule has 2 aromatic carbocycles. The van der Waals surface area contributed by atoms with Crippen LogP contribution in [0.15, 0.2) is 77.3 Å². The molecule has 10 heteroatoms. The third-order valence-corrected chi connectivity index (χ3v) is 6.29. The van der Waals surface area contributed by atoms with Gasteiger partial charge in [-0.25, -0.2) is 17.8 Å². The molecule has 1 N–H and O–H groups in total. The summed E-state index contributed by atoms with van der Waals surface area (Å²) in [6, 6.07) is 12.1. The SMILES string of the molecule is CS(=O)(=O)c1ccc(CC(C(=NOCCCCC(=O)O)c2ccc(F)cc2)n2ccnc2)cc1. The van der Waals surface area contributed by atoms with Gasteiger partial charge < -0.3 is 14.5 Å². The van der Waals surface area contributed by atoms with Crippen molar-refractivity contribution in [1.82, 2.24) is 9.55 Å². The topological polar surface area (TPSA) is 111 Å². The minimum absolute atomic E-state index is 0.0546. The molecule has 1 heterocycles. The van der Waals surface area contributed by atoms with Crippen molar-refractivity contribution < 1.29 is 27.5 Å². The number of sulfone groups is 1. The van der Waals surface area contributed by atoms with Gasteiger partial charge in [0.25, 0.3) is 0 Å². The third kappa shape index (κ3) is 7.24. The number of unbranched alkanes of at least 4 members (excludes halogenated alkanes) is 1. The summed E-state index contributed by atoms with van der Waals surface area (Å²) in [4.78, 5) is 20.6. The Morgan fingerprint density at radius 1 is 1.15 bits per heavy atom. The number of hydrogen-bond acceptors (Lipinski definition) is 6. The van der Waals surface area contributed by atoms with E-state index in [0.29, 0.717) is 30.5 Å². The molecule has 1 unspecified atom stereocenters. The quantitative estimate of drug-likeness (QED) is 0.236. The lowest BCUT2D eigenvalue weighted by Gasteiger charge is -2.21. The fraction of sp³-hybridized carbons (Fsp3) is 0.292. The Labute approximate surface area is 197 Å². The molecule has 0 saturated carbocycles. The zero-order valence-corrected chi connectivity index (χ0v) is 19.5. The molecule has 0 bridgehead atoms. The molecule has 34 heavy (non-hydrogen) atoms. The molecule has 1 atom stereocenters. The molecular formula is C24H26FN3O5S. The third-order valence-electron chi connectivity index (χ3n) is 5.16. The maximum atomic E-state index is 13.6. The highest BCUT2D eigenvalue weighted by Crippen LogP contribution is 2.23. The fourth-order valence-electron chi connectivity index (χ4n) is 3.38. The predicted octanol–water partition coefficient (Wildman–Crippen LogP) is 3.89. The summed E-state index contributed by atoms with van der Waals surface area (Å²) in [6.45, 7) is 0.234. The summed E-state index contributed by atoms with van der Waals surface area (Å²) >= 11 is 0. The van der Waals surface area contributed by atoms with E-state index in [1.54, 1.807) is 55.1 Å². The molecular weight excluding hydrogens is 461 g/mol. The van der Waals surface area contributed by atoms with E-state index in [1.807, 2.05) is 4.57 Å². The number of carbonyl (C=O) groups is 1. The smallest absolute Gasteiger partial charge is 0.303 e. The van der Waals surface area contributed by atoms with Crippen LogP contribution in [0.25, 0.3) is 0 Å². The monoisotopic (exact) mass is 487 g/mol. The molecule has 0 aliphatic carbocycles. The number of halogens is 1. The number of oxime groups is 1. The molecule has 0 spiro atoms.